The first-order valence-corrected chi connectivity index (χ1v) is 8.51. The third-order valence-electron chi connectivity index (χ3n) is 4.34. The minimum absolute atomic E-state index is 0.0243. The van der Waals surface area contributed by atoms with Gasteiger partial charge < -0.3 is 15.5 Å². The van der Waals surface area contributed by atoms with Gasteiger partial charge in [-0.15, -0.1) is 0 Å². The summed E-state index contributed by atoms with van der Waals surface area (Å²) in [6.07, 6.45) is 4.27. The van der Waals surface area contributed by atoms with Gasteiger partial charge in [0.05, 0.1) is 6.04 Å². The average molecular weight is 324 g/mol. The maximum atomic E-state index is 12.1. The smallest absolute Gasteiger partial charge is 0.315 e. The number of nitrogens with zero attached hydrogens (tertiary/aromatic N) is 2. The lowest BCUT2D eigenvalue weighted by Gasteiger charge is -2.17. The van der Waals surface area contributed by atoms with E-state index in [1.807, 2.05) is 49.5 Å². The fourth-order valence-electron chi connectivity index (χ4n) is 2.94. The number of pyridine rings is 1. The summed E-state index contributed by atoms with van der Waals surface area (Å²) in [5.41, 5.74) is 2.15. The molecular weight excluding hydrogens is 300 g/mol. The summed E-state index contributed by atoms with van der Waals surface area (Å²) < 4.78 is 0. The first kappa shape index (κ1) is 16.3. The van der Waals surface area contributed by atoms with Crippen LogP contribution in [0.2, 0.25) is 0 Å². The van der Waals surface area contributed by atoms with Crippen molar-refractivity contribution in [2.24, 2.45) is 0 Å². The second-order valence-corrected chi connectivity index (χ2v) is 6.18. The number of aromatic nitrogens is 1. The van der Waals surface area contributed by atoms with Crippen LogP contribution in [0.1, 0.15) is 36.9 Å². The van der Waals surface area contributed by atoms with Gasteiger partial charge >= 0.3 is 6.03 Å². The van der Waals surface area contributed by atoms with Crippen molar-refractivity contribution in [3.05, 3.63) is 59.8 Å². The second-order valence-electron chi connectivity index (χ2n) is 6.18. The normalized spacial score (nSPS) is 15.1. The summed E-state index contributed by atoms with van der Waals surface area (Å²) in [6.45, 7) is 4.61. The molecule has 0 saturated carbocycles. The summed E-state index contributed by atoms with van der Waals surface area (Å²) in [5.74, 6) is 1.00. The van der Waals surface area contributed by atoms with E-state index in [0.29, 0.717) is 6.54 Å². The number of urea groups is 1. The number of rotatable bonds is 5. The molecule has 3 rings (SSSR count). The van der Waals surface area contributed by atoms with Gasteiger partial charge in [0.2, 0.25) is 0 Å². The largest absolute Gasteiger partial charge is 0.357 e. The minimum atomic E-state index is -0.161. The second kappa shape index (κ2) is 7.81. The van der Waals surface area contributed by atoms with E-state index in [9.17, 15) is 4.79 Å². The lowest BCUT2D eigenvalue weighted by Crippen LogP contribution is -2.36. The zero-order valence-corrected chi connectivity index (χ0v) is 14.0. The summed E-state index contributed by atoms with van der Waals surface area (Å²) >= 11 is 0. The van der Waals surface area contributed by atoms with Crippen LogP contribution in [0.15, 0.2) is 48.7 Å². The van der Waals surface area contributed by atoms with Crippen LogP contribution in [0, 0.1) is 0 Å². The van der Waals surface area contributed by atoms with Crippen molar-refractivity contribution in [2.45, 2.75) is 32.4 Å². The van der Waals surface area contributed by atoms with Crippen LogP contribution in [-0.4, -0.2) is 24.1 Å². The Hall–Kier alpha value is -2.56. The number of benzene rings is 1. The monoisotopic (exact) mass is 324 g/mol. The highest BCUT2D eigenvalue weighted by molar-refractivity contribution is 5.74. The van der Waals surface area contributed by atoms with E-state index in [-0.39, 0.29) is 12.1 Å². The van der Waals surface area contributed by atoms with Crippen molar-refractivity contribution in [2.75, 3.05) is 18.0 Å². The number of amides is 2. The Bertz CT molecular complexity index is 668. The van der Waals surface area contributed by atoms with Crippen LogP contribution in [-0.2, 0) is 6.54 Å². The minimum Gasteiger partial charge on any atom is -0.357 e. The van der Waals surface area contributed by atoms with Gasteiger partial charge in [-0.1, -0.05) is 30.3 Å². The van der Waals surface area contributed by atoms with Crippen molar-refractivity contribution in [3.63, 3.8) is 0 Å². The van der Waals surface area contributed by atoms with Crippen LogP contribution < -0.4 is 15.5 Å². The van der Waals surface area contributed by atoms with Crippen molar-refractivity contribution >= 4 is 11.8 Å². The van der Waals surface area contributed by atoms with Crippen molar-refractivity contribution < 1.29 is 4.79 Å². The molecule has 1 atom stereocenters. The molecule has 1 aromatic carbocycles. The number of hydrogen-bond donors (Lipinski definition) is 2. The fraction of sp³-hybridized carbons (Fsp3) is 0.368. The van der Waals surface area contributed by atoms with Gasteiger partial charge in [0.1, 0.15) is 5.82 Å². The molecule has 2 aromatic rings. The molecule has 0 bridgehead atoms. The molecule has 126 valence electrons. The van der Waals surface area contributed by atoms with Crippen molar-refractivity contribution in [1.82, 2.24) is 15.6 Å². The lowest BCUT2D eigenvalue weighted by molar-refractivity contribution is 0.237. The highest BCUT2D eigenvalue weighted by atomic mass is 16.2. The summed E-state index contributed by atoms with van der Waals surface area (Å²) in [5, 5.41) is 5.88. The van der Waals surface area contributed by atoms with E-state index in [2.05, 4.69) is 26.6 Å². The molecule has 2 N–H and O–H groups in total. The first-order valence-electron chi connectivity index (χ1n) is 8.51. The zero-order valence-electron chi connectivity index (χ0n) is 14.0. The van der Waals surface area contributed by atoms with Gasteiger partial charge in [-0.25, -0.2) is 9.78 Å². The summed E-state index contributed by atoms with van der Waals surface area (Å²) in [6, 6.07) is 13.8. The topological polar surface area (TPSA) is 57.3 Å². The molecule has 1 aliphatic rings. The van der Waals surface area contributed by atoms with E-state index >= 15 is 0 Å². The van der Waals surface area contributed by atoms with Crippen LogP contribution in [0.5, 0.6) is 0 Å². The van der Waals surface area contributed by atoms with Gasteiger partial charge in [0.25, 0.3) is 0 Å². The van der Waals surface area contributed by atoms with Gasteiger partial charge in [-0.2, -0.15) is 0 Å². The van der Waals surface area contributed by atoms with E-state index < -0.39 is 0 Å². The standard InChI is InChI=1S/C19H24N4O/c1-15(17-7-3-2-4-8-17)22-19(24)21-14-16-9-10-20-18(13-16)23-11-5-6-12-23/h2-4,7-10,13,15H,5-6,11-12,14H2,1H3,(H2,21,22,24). The van der Waals surface area contributed by atoms with Crippen molar-refractivity contribution in [3.8, 4) is 0 Å². The van der Waals surface area contributed by atoms with Crippen LogP contribution in [0.3, 0.4) is 0 Å². The number of carbonyl (C=O) groups is 1. The van der Waals surface area contributed by atoms with Gasteiger partial charge in [-0.05, 0) is 43.0 Å². The molecular formula is C19H24N4O. The molecule has 5 nitrogen and oxygen atoms in total. The Kier molecular flexibility index (Phi) is 5.31. The quantitative estimate of drug-likeness (QED) is 0.888. The molecule has 0 radical (unpaired) electrons. The zero-order chi connectivity index (χ0) is 16.8. The SMILES string of the molecule is CC(NC(=O)NCc1ccnc(N2CCCC2)c1)c1ccccc1. The van der Waals surface area contributed by atoms with Gasteiger partial charge in [0.15, 0.2) is 0 Å². The van der Waals surface area contributed by atoms with Crippen molar-refractivity contribution in [1.29, 1.82) is 0 Å². The Labute approximate surface area is 143 Å². The van der Waals surface area contributed by atoms with E-state index in [1.54, 1.807) is 0 Å². The highest BCUT2D eigenvalue weighted by Gasteiger charge is 2.14. The number of nitrogens with one attached hydrogen (secondary N) is 2. The maximum Gasteiger partial charge on any atom is 0.315 e. The van der Waals surface area contributed by atoms with E-state index in [4.69, 9.17) is 0 Å². The number of carbonyl (C=O) groups excluding carboxylic acids is 1. The Balaban J connectivity index is 1.52. The van der Waals surface area contributed by atoms with Gasteiger partial charge in [0, 0.05) is 25.8 Å². The third kappa shape index (κ3) is 4.25. The third-order valence-corrected chi connectivity index (χ3v) is 4.34. The molecule has 0 aliphatic carbocycles. The molecule has 1 unspecified atom stereocenters. The molecule has 1 aromatic heterocycles. The summed E-state index contributed by atoms with van der Waals surface area (Å²) in [4.78, 5) is 18.8. The predicted molar refractivity (Wildman–Crippen MR) is 95.9 cm³/mol. The lowest BCUT2D eigenvalue weighted by atomic mass is 10.1. The summed E-state index contributed by atoms with van der Waals surface area (Å²) in [7, 11) is 0. The molecule has 2 heterocycles. The Morgan fingerprint density at radius 1 is 1.21 bits per heavy atom. The Morgan fingerprint density at radius 3 is 2.71 bits per heavy atom. The first-order chi connectivity index (χ1) is 11.7. The predicted octanol–water partition coefficient (Wildman–Crippen LogP) is 3.24. The number of hydrogen-bond acceptors (Lipinski definition) is 3. The highest BCUT2D eigenvalue weighted by Crippen LogP contribution is 2.18. The van der Waals surface area contributed by atoms with E-state index in [1.165, 1.54) is 12.8 Å². The van der Waals surface area contributed by atoms with Crippen LogP contribution >= 0.6 is 0 Å². The van der Waals surface area contributed by atoms with Crippen LogP contribution in [0.25, 0.3) is 0 Å². The maximum absolute atomic E-state index is 12.1. The molecule has 5 heteroatoms. The molecule has 0 spiro atoms. The molecule has 2 amide bonds. The van der Waals surface area contributed by atoms with Gasteiger partial charge in [-0.3, -0.25) is 0 Å². The molecule has 1 aliphatic heterocycles. The molecule has 1 fully saturated rings. The number of anilines is 1. The fourth-order valence-corrected chi connectivity index (χ4v) is 2.94. The molecule has 1 saturated heterocycles. The van der Waals surface area contributed by atoms with E-state index in [0.717, 1.165) is 30.0 Å². The molecule has 24 heavy (non-hydrogen) atoms. The Morgan fingerprint density at radius 2 is 1.96 bits per heavy atom. The average Bonchev–Trinajstić information content (AvgIpc) is 3.16. The van der Waals surface area contributed by atoms with Crippen LogP contribution in [0.4, 0.5) is 10.6 Å².